The minimum atomic E-state index is -1.03. The summed E-state index contributed by atoms with van der Waals surface area (Å²) in [4.78, 5) is 29.0. The molecule has 8 heteroatoms. The number of hydrogen-bond acceptors (Lipinski definition) is 6. The van der Waals surface area contributed by atoms with Crippen molar-refractivity contribution in [3.8, 4) is 11.5 Å². The Morgan fingerprint density at radius 1 is 1.10 bits per heavy atom. The molecule has 1 fully saturated rings. The number of aliphatic hydroxyl groups is 2. The van der Waals surface area contributed by atoms with Crippen LogP contribution in [0.3, 0.4) is 0 Å². The van der Waals surface area contributed by atoms with Gasteiger partial charge in [0.05, 0.1) is 25.7 Å². The molecule has 0 bridgehead atoms. The zero-order valence-corrected chi connectivity index (χ0v) is 23.1. The highest BCUT2D eigenvalue weighted by Crippen LogP contribution is 2.47. The van der Waals surface area contributed by atoms with Crippen molar-refractivity contribution in [2.24, 2.45) is 5.92 Å². The van der Waals surface area contributed by atoms with Gasteiger partial charge in [-0.2, -0.15) is 0 Å². The molecule has 8 nitrogen and oxygen atoms in total. The fraction of sp³-hybridized carbons (Fsp3) is 0.500. The average Bonchev–Trinajstić information content (AvgIpc) is 3.64. The van der Waals surface area contributed by atoms with Crippen molar-refractivity contribution in [2.45, 2.75) is 69.1 Å². The Labute approximate surface area is 236 Å². The van der Waals surface area contributed by atoms with Crippen molar-refractivity contribution in [3.05, 3.63) is 71.3 Å². The summed E-state index contributed by atoms with van der Waals surface area (Å²) in [5.41, 5.74) is 2.25. The van der Waals surface area contributed by atoms with Crippen LogP contribution < -0.4 is 14.8 Å². The summed E-state index contributed by atoms with van der Waals surface area (Å²) in [5, 5.41) is 23.8. The molecule has 1 heterocycles. The molecule has 2 aromatic carbocycles. The number of nitrogens with one attached hydrogen (secondary N) is 1. The normalized spacial score (nSPS) is 23.5. The molecule has 0 saturated heterocycles. The van der Waals surface area contributed by atoms with Gasteiger partial charge in [-0.1, -0.05) is 62.1 Å². The maximum absolute atomic E-state index is 13.9. The monoisotopic (exact) mass is 548 g/mol. The minimum Gasteiger partial charge on any atom is -0.496 e. The Morgan fingerprint density at radius 2 is 1.85 bits per heavy atom. The summed E-state index contributed by atoms with van der Waals surface area (Å²) in [6, 6.07) is 14.5. The largest absolute Gasteiger partial charge is 0.496 e. The number of benzene rings is 2. The number of carbonyl (C=O) groups excluding carboxylic acids is 2. The summed E-state index contributed by atoms with van der Waals surface area (Å²) >= 11 is 0. The lowest BCUT2D eigenvalue weighted by molar-refractivity contribution is -0.137. The number of aliphatic hydroxyl groups excluding tert-OH is 2. The molecular formula is C32H40N2O6. The number of carbonyl (C=O) groups is 2. The van der Waals surface area contributed by atoms with E-state index in [0.717, 1.165) is 36.1 Å². The van der Waals surface area contributed by atoms with E-state index in [2.05, 4.69) is 5.32 Å². The van der Waals surface area contributed by atoms with Crippen molar-refractivity contribution in [1.82, 2.24) is 10.2 Å². The lowest BCUT2D eigenvalue weighted by Crippen LogP contribution is -2.56. The van der Waals surface area contributed by atoms with Gasteiger partial charge in [0.1, 0.15) is 23.7 Å². The molecule has 5 rings (SSSR count). The molecule has 4 atom stereocenters. The van der Waals surface area contributed by atoms with Gasteiger partial charge in [-0.05, 0) is 42.5 Å². The smallest absolute Gasteiger partial charge is 0.247 e. The Morgan fingerprint density at radius 3 is 2.62 bits per heavy atom. The summed E-state index contributed by atoms with van der Waals surface area (Å²) < 4.78 is 11.8. The van der Waals surface area contributed by atoms with Gasteiger partial charge in [0, 0.05) is 30.6 Å². The summed E-state index contributed by atoms with van der Waals surface area (Å²) in [6.45, 7) is 0.288. The Kier molecular flexibility index (Phi) is 9.07. The third-order valence-electron chi connectivity index (χ3n) is 8.61. The number of methoxy groups -OCH3 is 1. The van der Waals surface area contributed by atoms with E-state index < -0.39 is 24.2 Å². The predicted octanol–water partition coefficient (Wildman–Crippen LogP) is 3.36. The highest BCUT2D eigenvalue weighted by molar-refractivity contribution is 5.96. The van der Waals surface area contributed by atoms with Gasteiger partial charge in [-0.25, -0.2) is 0 Å². The SMILES string of the molecule is COc1ccccc1CCN(C(=O)CCC1CCCC1)[C@@H]1C=C(C(=O)NCCO)[C@@H]2c3ccccc3O[C@@H]2[C@H]1O. The van der Waals surface area contributed by atoms with E-state index in [-0.39, 0.29) is 25.0 Å². The fourth-order valence-electron chi connectivity index (χ4n) is 6.55. The van der Waals surface area contributed by atoms with Crippen LogP contribution in [0, 0.1) is 5.92 Å². The molecule has 0 unspecified atom stereocenters. The third kappa shape index (κ3) is 5.88. The number of para-hydroxylation sites is 2. The second kappa shape index (κ2) is 12.9. The highest BCUT2D eigenvalue weighted by atomic mass is 16.5. The number of fused-ring (bicyclic) bond motifs is 3. The summed E-state index contributed by atoms with van der Waals surface area (Å²) in [5.74, 6) is 1.11. The highest BCUT2D eigenvalue weighted by Gasteiger charge is 2.50. The molecule has 0 radical (unpaired) electrons. The molecule has 3 aliphatic rings. The Hall–Kier alpha value is -3.36. The number of amides is 2. The molecule has 214 valence electrons. The van der Waals surface area contributed by atoms with Crippen LogP contribution in [-0.4, -0.2) is 72.0 Å². The molecule has 0 spiro atoms. The first kappa shape index (κ1) is 28.2. The van der Waals surface area contributed by atoms with Crippen LogP contribution in [0.25, 0.3) is 0 Å². The first-order chi connectivity index (χ1) is 19.5. The first-order valence-corrected chi connectivity index (χ1v) is 14.5. The topological polar surface area (TPSA) is 108 Å². The maximum atomic E-state index is 13.9. The minimum absolute atomic E-state index is 0.0359. The van der Waals surface area contributed by atoms with Gasteiger partial charge in [-0.15, -0.1) is 0 Å². The molecule has 1 aliphatic heterocycles. The van der Waals surface area contributed by atoms with Crippen molar-refractivity contribution in [1.29, 1.82) is 0 Å². The van der Waals surface area contributed by atoms with Crippen LogP contribution in [0.1, 0.15) is 55.6 Å². The van der Waals surface area contributed by atoms with Crippen LogP contribution >= 0.6 is 0 Å². The van der Waals surface area contributed by atoms with Crippen molar-refractivity contribution < 1.29 is 29.3 Å². The zero-order valence-electron chi connectivity index (χ0n) is 23.1. The predicted molar refractivity (Wildman–Crippen MR) is 151 cm³/mol. The van der Waals surface area contributed by atoms with E-state index in [1.807, 2.05) is 48.5 Å². The van der Waals surface area contributed by atoms with Gasteiger partial charge in [-0.3, -0.25) is 9.59 Å². The Bertz CT molecular complexity index is 1220. The Balaban J connectivity index is 1.47. The molecule has 0 aromatic heterocycles. The summed E-state index contributed by atoms with van der Waals surface area (Å²) in [7, 11) is 1.63. The maximum Gasteiger partial charge on any atom is 0.247 e. The zero-order chi connectivity index (χ0) is 28.1. The van der Waals surface area contributed by atoms with E-state index >= 15 is 0 Å². The van der Waals surface area contributed by atoms with Crippen LogP contribution in [-0.2, 0) is 16.0 Å². The van der Waals surface area contributed by atoms with E-state index in [1.54, 1.807) is 18.1 Å². The second-order valence-electron chi connectivity index (χ2n) is 11.0. The van der Waals surface area contributed by atoms with E-state index in [9.17, 15) is 19.8 Å². The number of hydrogen-bond donors (Lipinski definition) is 3. The lowest BCUT2D eigenvalue weighted by Gasteiger charge is -2.41. The lowest BCUT2D eigenvalue weighted by atomic mass is 9.77. The number of nitrogens with zero attached hydrogens (tertiary/aromatic N) is 1. The standard InChI is InChI=1S/C32H40N2O6/c1-39-26-12-6-4-10-22(26)16-18-34(28(36)15-14-21-8-2-3-9-21)25-20-24(32(38)33-17-19-35)29-23-11-5-7-13-27(23)40-31(29)30(25)37/h4-7,10-13,20-21,25,29-31,35,37H,2-3,8-9,14-19H2,1H3,(H,33,38)/t25-,29+,30+,31+/m1/s1. The van der Waals surface area contributed by atoms with E-state index in [1.165, 1.54) is 12.8 Å². The van der Waals surface area contributed by atoms with Crippen LogP contribution in [0.2, 0.25) is 0 Å². The molecular weight excluding hydrogens is 508 g/mol. The van der Waals surface area contributed by atoms with E-state index in [0.29, 0.717) is 36.6 Å². The first-order valence-electron chi connectivity index (χ1n) is 14.5. The average molecular weight is 549 g/mol. The van der Waals surface area contributed by atoms with Crippen LogP contribution in [0.4, 0.5) is 0 Å². The second-order valence-corrected chi connectivity index (χ2v) is 11.0. The molecule has 2 aromatic rings. The molecule has 40 heavy (non-hydrogen) atoms. The van der Waals surface area contributed by atoms with Crippen molar-refractivity contribution >= 4 is 11.8 Å². The van der Waals surface area contributed by atoms with Crippen molar-refractivity contribution in [2.75, 3.05) is 26.8 Å². The molecule has 1 saturated carbocycles. The molecule has 3 N–H and O–H groups in total. The van der Waals surface area contributed by atoms with Gasteiger partial charge in [0.15, 0.2) is 0 Å². The van der Waals surface area contributed by atoms with Crippen LogP contribution in [0.15, 0.2) is 60.2 Å². The molecule has 2 amide bonds. The van der Waals surface area contributed by atoms with Gasteiger partial charge in [0.25, 0.3) is 0 Å². The quantitative estimate of drug-likeness (QED) is 0.398. The summed E-state index contributed by atoms with van der Waals surface area (Å²) in [6.07, 6.45) is 6.53. The van der Waals surface area contributed by atoms with E-state index in [4.69, 9.17) is 9.47 Å². The van der Waals surface area contributed by atoms with Gasteiger partial charge >= 0.3 is 0 Å². The fourth-order valence-corrected chi connectivity index (χ4v) is 6.55. The van der Waals surface area contributed by atoms with Crippen LogP contribution in [0.5, 0.6) is 11.5 Å². The number of ether oxygens (including phenoxy) is 2. The third-order valence-corrected chi connectivity index (χ3v) is 8.61. The van der Waals surface area contributed by atoms with Gasteiger partial charge < -0.3 is 29.9 Å². The van der Waals surface area contributed by atoms with Crippen molar-refractivity contribution in [3.63, 3.8) is 0 Å². The molecule has 2 aliphatic carbocycles. The number of rotatable bonds is 11. The van der Waals surface area contributed by atoms with Gasteiger partial charge in [0.2, 0.25) is 11.8 Å².